The van der Waals surface area contributed by atoms with E-state index in [1.54, 1.807) is 15.9 Å². The van der Waals surface area contributed by atoms with Crippen molar-refractivity contribution >= 4 is 17.5 Å². The lowest BCUT2D eigenvalue weighted by Crippen LogP contribution is -2.46. The van der Waals surface area contributed by atoms with Crippen molar-refractivity contribution < 1.29 is 19.1 Å². The lowest BCUT2D eigenvalue weighted by atomic mass is 9.93. The second kappa shape index (κ2) is 6.89. The molecule has 1 aromatic rings. The van der Waals surface area contributed by atoms with Crippen molar-refractivity contribution in [3.8, 4) is 0 Å². The van der Waals surface area contributed by atoms with Crippen molar-refractivity contribution in [2.45, 2.75) is 38.6 Å². The number of carbonyl (C=O) groups is 2. The minimum atomic E-state index is -0.575. The van der Waals surface area contributed by atoms with E-state index in [2.05, 4.69) is 0 Å². The molecule has 2 fully saturated rings. The number of hydrogen-bond acceptors (Lipinski definition) is 3. The molecule has 2 aliphatic rings. The molecule has 2 amide bonds. The predicted molar refractivity (Wildman–Crippen MR) is 88.3 cm³/mol. The smallest absolute Gasteiger partial charge is 0.257 e. The maximum atomic E-state index is 14.3. The Morgan fingerprint density at radius 3 is 2.83 bits per heavy atom. The Kier molecular flexibility index (Phi) is 4.85. The summed E-state index contributed by atoms with van der Waals surface area (Å²) in [6, 6.07) is 4.30. The number of carbonyl (C=O) groups excluding carboxylic acids is 2. The number of aliphatic hydroxyl groups excluding tert-OH is 1. The van der Waals surface area contributed by atoms with Crippen LogP contribution in [0.4, 0.5) is 10.1 Å². The van der Waals surface area contributed by atoms with E-state index in [1.165, 1.54) is 12.1 Å². The molecule has 2 unspecified atom stereocenters. The number of hydrogen-bond donors (Lipinski definition) is 1. The highest BCUT2D eigenvalue weighted by Crippen LogP contribution is 2.27. The number of benzene rings is 1. The minimum absolute atomic E-state index is 0.00219. The standard InChI is InChI=1S/C18H23FN2O3/c1-12-4-5-13(11-22)10-21(12)18(24)15-9-14(6-7-16(15)19)20-8-2-3-17(20)23/h6-7,9,12-13,22H,2-5,8,10-11H2,1H3. The molecule has 0 aliphatic carbocycles. The molecule has 130 valence electrons. The predicted octanol–water partition coefficient (Wildman–Crippen LogP) is 2.19. The number of aliphatic hydroxyl groups is 1. The molecule has 0 bridgehead atoms. The van der Waals surface area contributed by atoms with Crippen LogP contribution in [0.5, 0.6) is 0 Å². The van der Waals surface area contributed by atoms with Crippen LogP contribution < -0.4 is 4.90 Å². The molecule has 1 N–H and O–H groups in total. The van der Waals surface area contributed by atoms with Gasteiger partial charge in [0, 0.05) is 37.8 Å². The van der Waals surface area contributed by atoms with Crippen molar-refractivity contribution in [1.82, 2.24) is 4.90 Å². The third-order valence-corrected chi connectivity index (χ3v) is 5.06. The molecule has 2 saturated heterocycles. The number of amides is 2. The third kappa shape index (κ3) is 3.15. The van der Waals surface area contributed by atoms with E-state index >= 15 is 0 Å². The number of likely N-dealkylation sites (tertiary alicyclic amines) is 1. The van der Waals surface area contributed by atoms with E-state index < -0.39 is 5.82 Å². The van der Waals surface area contributed by atoms with Crippen LogP contribution in [0.3, 0.4) is 0 Å². The van der Waals surface area contributed by atoms with Gasteiger partial charge in [0.1, 0.15) is 5.82 Å². The third-order valence-electron chi connectivity index (χ3n) is 5.06. The van der Waals surface area contributed by atoms with Gasteiger partial charge in [-0.25, -0.2) is 4.39 Å². The van der Waals surface area contributed by atoms with Gasteiger partial charge in [-0.1, -0.05) is 0 Å². The average Bonchev–Trinajstić information content (AvgIpc) is 3.01. The zero-order valence-corrected chi connectivity index (χ0v) is 13.9. The van der Waals surface area contributed by atoms with Crippen LogP contribution in [-0.4, -0.2) is 47.6 Å². The van der Waals surface area contributed by atoms with Gasteiger partial charge in [0.2, 0.25) is 5.91 Å². The highest BCUT2D eigenvalue weighted by Gasteiger charge is 2.31. The molecule has 3 rings (SSSR count). The Bertz CT molecular complexity index is 649. The second-order valence-corrected chi connectivity index (χ2v) is 6.75. The lowest BCUT2D eigenvalue weighted by molar-refractivity contribution is -0.117. The van der Waals surface area contributed by atoms with Gasteiger partial charge in [0.05, 0.1) is 5.56 Å². The first-order valence-electron chi connectivity index (χ1n) is 8.53. The van der Waals surface area contributed by atoms with Crippen molar-refractivity contribution in [1.29, 1.82) is 0 Å². The van der Waals surface area contributed by atoms with Crippen molar-refractivity contribution in [3.63, 3.8) is 0 Å². The maximum Gasteiger partial charge on any atom is 0.257 e. The Morgan fingerprint density at radius 2 is 2.17 bits per heavy atom. The summed E-state index contributed by atoms with van der Waals surface area (Å²) in [4.78, 5) is 28.0. The topological polar surface area (TPSA) is 60.9 Å². The van der Waals surface area contributed by atoms with Crippen molar-refractivity contribution in [2.75, 3.05) is 24.6 Å². The molecule has 0 radical (unpaired) electrons. The Labute approximate surface area is 141 Å². The molecule has 5 nitrogen and oxygen atoms in total. The first-order valence-corrected chi connectivity index (χ1v) is 8.53. The van der Waals surface area contributed by atoms with E-state index in [0.717, 1.165) is 19.3 Å². The fraction of sp³-hybridized carbons (Fsp3) is 0.556. The lowest BCUT2D eigenvalue weighted by Gasteiger charge is -2.37. The minimum Gasteiger partial charge on any atom is -0.396 e. The molecule has 0 saturated carbocycles. The van der Waals surface area contributed by atoms with Gasteiger partial charge in [-0.2, -0.15) is 0 Å². The largest absolute Gasteiger partial charge is 0.396 e. The zero-order chi connectivity index (χ0) is 17.3. The van der Waals surface area contributed by atoms with E-state index in [-0.39, 0.29) is 35.9 Å². The Balaban J connectivity index is 1.87. The fourth-order valence-corrected chi connectivity index (χ4v) is 3.54. The molecule has 0 spiro atoms. The summed E-state index contributed by atoms with van der Waals surface area (Å²) < 4.78 is 14.3. The summed E-state index contributed by atoms with van der Waals surface area (Å²) in [6.07, 6.45) is 2.93. The highest BCUT2D eigenvalue weighted by atomic mass is 19.1. The van der Waals surface area contributed by atoms with Gasteiger partial charge >= 0.3 is 0 Å². The summed E-state index contributed by atoms with van der Waals surface area (Å²) >= 11 is 0. The molecule has 2 aliphatic heterocycles. The highest BCUT2D eigenvalue weighted by molar-refractivity contribution is 5.99. The first kappa shape index (κ1) is 16.9. The Morgan fingerprint density at radius 1 is 1.38 bits per heavy atom. The Hall–Kier alpha value is -1.95. The van der Waals surface area contributed by atoms with Crippen LogP contribution >= 0.6 is 0 Å². The molecule has 2 heterocycles. The second-order valence-electron chi connectivity index (χ2n) is 6.75. The van der Waals surface area contributed by atoms with E-state index in [9.17, 15) is 19.1 Å². The van der Waals surface area contributed by atoms with Crippen molar-refractivity contribution in [3.05, 3.63) is 29.6 Å². The molecule has 1 aromatic carbocycles. The fourth-order valence-electron chi connectivity index (χ4n) is 3.54. The summed E-state index contributed by atoms with van der Waals surface area (Å²) in [5, 5.41) is 9.36. The summed E-state index contributed by atoms with van der Waals surface area (Å²) in [5.74, 6) is -0.899. The van der Waals surface area contributed by atoms with E-state index in [1.807, 2.05) is 6.92 Å². The molecule has 24 heavy (non-hydrogen) atoms. The van der Waals surface area contributed by atoms with Gasteiger partial charge in [-0.05, 0) is 50.3 Å². The number of rotatable bonds is 3. The molecule has 0 aromatic heterocycles. The molecular formula is C18H23FN2O3. The summed E-state index contributed by atoms with van der Waals surface area (Å²) in [6.45, 7) is 3.01. The normalized spacial score (nSPS) is 24.5. The molecular weight excluding hydrogens is 311 g/mol. The van der Waals surface area contributed by atoms with Crippen LogP contribution in [0.2, 0.25) is 0 Å². The van der Waals surface area contributed by atoms with Crippen molar-refractivity contribution in [2.24, 2.45) is 5.92 Å². The van der Waals surface area contributed by atoms with Gasteiger partial charge < -0.3 is 14.9 Å². The molecule has 6 heteroatoms. The van der Waals surface area contributed by atoms with Crippen LogP contribution in [0, 0.1) is 11.7 Å². The van der Waals surface area contributed by atoms with Crippen LogP contribution in [0.15, 0.2) is 18.2 Å². The summed E-state index contributed by atoms with van der Waals surface area (Å²) in [5.41, 5.74) is 0.572. The monoisotopic (exact) mass is 334 g/mol. The van der Waals surface area contributed by atoms with Gasteiger partial charge in [0.25, 0.3) is 5.91 Å². The van der Waals surface area contributed by atoms with Gasteiger partial charge in [-0.3, -0.25) is 9.59 Å². The number of nitrogens with zero attached hydrogens (tertiary/aromatic N) is 2. The van der Waals surface area contributed by atoms with Crippen LogP contribution in [0.1, 0.15) is 43.0 Å². The quantitative estimate of drug-likeness (QED) is 0.922. The van der Waals surface area contributed by atoms with E-state index in [4.69, 9.17) is 0 Å². The zero-order valence-electron chi connectivity index (χ0n) is 13.9. The summed E-state index contributed by atoms with van der Waals surface area (Å²) in [7, 11) is 0. The first-order chi connectivity index (χ1) is 11.5. The van der Waals surface area contributed by atoms with E-state index in [0.29, 0.717) is 25.2 Å². The molecule has 2 atom stereocenters. The van der Waals surface area contributed by atoms with Crippen LogP contribution in [0.25, 0.3) is 0 Å². The number of piperidine rings is 1. The number of halogens is 1. The average molecular weight is 334 g/mol. The SMILES string of the molecule is CC1CCC(CO)CN1C(=O)c1cc(N2CCCC2=O)ccc1F. The van der Waals surface area contributed by atoms with Gasteiger partial charge in [-0.15, -0.1) is 0 Å². The van der Waals surface area contributed by atoms with Gasteiger partial charge in [0.15, 0.2) is 0 Å². The maximum absolute atomic E-state index is 14.3. The number of anilines is 1. The van der Waals surface area contributed by atoms with Crippen LogP contribution in [-0.2, 0) is 4.79 Å².